The fourth-order valence-corrected chi connectivity index (χ4v) is 2.06. The van der Waals surface area contributed by atoms with Crippen LogP contribution >= 0.6 is 0 Å². The topological polar surface area (TPSA) is 66.9 Å². The van der Waals surface area contributed by atoms with E-state index in [0.717, 1.165) is 23.4 Å². The van der Waals surface area contributed by atoms with Crippen LogP contribution in [0.25, 0.3) is 0 Å². The van der Waals surface area contributed by atoms with E-state index >= 15 is 0 Å². The molecule has 0 aliphatic heterocycles. The normalized spacial score (nSPS) is 10.4. The number of amides is 1. The molecule has 0 radical (unpaired) electrons. The lowest BCUT2D eigenvalue weighted by molar-refractivity contribution is 0.102. The number of nitrogens with one attached hydrogen (secondary N) is 2. The molecule has 1 amide bonds. The highest BCUT2D eigenvalue weighted by molar-refractivity contribution is 6.03. The number of nitrogens with zero attached hydrogens (tertiary/aromatic N) is 2. The molecule has 3 aromatic rings. The first kappa shape index (κ1) is 16.5. The van der Waals surface area contributed by atoms with Crippen LogP contribution < -0.4 is 10.6 Å². The number of carbonyl (C=O) groups is 1. The Bertz CT molecular complexity index is 896. The molecule has 25 heavy (non-hydrogen) atoms. The second kappa shape index (κ2) is 7.04. The molecule has 3 rings (SSSR count). The van der Waals surface area contributed by atoms with E-state index in [0.29, 0.717) is 12.0 Å². The summed E-state index contributed by atoms with van der Waals surface area (Å²) in [6, 6.07) is 10.6. The quantitative estimate of drug-likeness (QED) is 0.752. The molecule has 0 spiro atoms. The summed E-state index contributed by atoms with van der Waals surface area (Å²) in [5.41, 5.74) is 1.98. The third kappa shape index (κ3) is 4.14. The zero-order valence-corrected chi connectivity index (χ0v) is 13.3. The second-order valence-electron chi connectivity index (χ2n) is 5.36. The average Bonchev–Trinajstić information content (AvgIpc) is 2.60. The Morgan fingerprint density at radius 2 is 1.68 bits per heavy atom. The lowest BCUT2D eigenvalue weighted by atomic mass is 10.2. The molecule has 0 fully saturated rings. The van der Waals surface area contributed by atoms with E-state index < -0.39 is 17.5 Å². The lowest BCUT2D eigenvalue weighted by Gasteiger charge is -2.07. The molecule has 2 N–H and O–H groups in total. The van der Waals surface area contributed by atoms with Crippen LogP contribution in [0.3, 0.4) is 0 Å². The summed E-state index contributed by atoms with van der Waals surface area (Å²) in [6.45, 7) is 1.98. The zero-order valence-electron chi connectivity index (χ0n) is 13.3. The standard InChI is InChI=1S/C18H14F2N4O/c1-11-2-5-14(6-3-11)23-18-21-9-12(10-22-18)17(25)24-16-7-4-13(19)8-15(16)20/h2-10H,1H3,(H,24,25)(H,21,22,23). The summed E-state index contributed by atoms with van der Waals surface area (Å²) in [5.74, 6) is -1.84. The molecule has 2 aromatic carbocycles. The van der Waals surface area contributed by atoms with Gasteiger partial charge in [-0.1, -0.05) is 17.7 Å². The van der Waals surface area contributed by atoms with E-state index in [-0.39, 0.29) is 11.3 Å². The number of halogens is 2. The minimum absolute atomic E-state index is 0.117. The van der Waals surface area contributed by atoms with Gasteiger partial charge < -0.3 is 10.6 Å². The van der Waals surface area contributed by atoms with Gasteiger partial charge >= 0.3 is 0 Å². The summed E-state index contributed by atoms with van der Waals surface area (Å²) in [4.78, 5) is 20.2. The summed E-state index contributed by atoms with van der Waals surface area (Å²) < 4.78 is 26.4. The molecule has 0 aliphatic carbocycles. The fraction of sp³-hybridized carbons (Fsp3) is 0.0556. The predicted octanol–water partition coefficient (Wildman–Crippen LogP) is 4.06. The smallest absolute Gasteiger partial charge is 0.258 e. The van der Waals surface area contributed by atoms with Crippen molar-refractivity contribution in [1.29, 1.82) is 0 Å². The van der Waals surface area contributed by atoms with Gasteiger partial charge in [-0.2, -0.15) is 0 Å². The Kier molecular flexibility index (Phi) is 4.65. The van der Waals surface area contributed by atoms with Crippen LogP contribution in [0.4, 0.5) is 26.1 Å². The van der Waals surface area contributed by atoms with Crippen molar-refractivity contribution in [2.24, 2.45) is 0 Å². The van der Waals surface area contributed by atoms with Gasteiger partial charge in [-0.15, -0.1) is 0 Å². The maximum Gasteiger partial charge on any atom is 0.258 e. The highest BCUT2D eigenvalue weighted by Gasteiger charge is 2.11. The summed E-state index contributed by atoms with van der Waals surface area (Å²) in [5, 5.41) is 5.35. The molecule has 0 aliphatic rings. The van der Waals surface area contributed by atoms with Gasteiger partial charge in [-0.25, -0.2) is 18.7 Å². The Morgan fingerprint density at radius 3 is 2.32 bits per heavy atom. The van der Waals surface area contributed by atoms with Gasteiger partial charge in [0.2, 0.25) is 5.95 Å². The average molecular weight is 340 g/mol. The number of aryl methyl sites for hydroxylation is 1. The van der Waals surface area contributed by atoms with Crippen LogP contribution in [-0.4, -0.2) is 15.9 Å². The van der Waals surface area contributed by atoms with Gasteiger partial charge in [0.15, 0.2) is 0 Å². The van der Waals surface area contributed by atoms with Crippen LogP contribution in [0.5, 0.6) is 0 Å². The highest BCUT2D eigenvalue weighted by Crippen LogP contribution is 2.17. The minimum Gasteiger partial charge on any atom is -0.324 e. The summed E-state index contributed by atoms with van der Waals surface area (Å²) in [6.07, 6.45) is 2.64. The molecule has 0 unspecified atom stereocenters. The first-order valence-corrected chi connectivity index (χ1v) is 7.43. The van der Waals surface area contributed by atoms with E-state index in [1.54, 1.807) is 0 Å². The Labute approximate surface area is 142 Å². The Morgan fingerprint density at radius 1 is 1.00 bits per heavy atom. The maximum absolute atomic E-state index is 13.6. The third-order valence-electron chi connectivity index (χ3n) is 3.40. The molecule has 7 heteroatoms. The number of anilines is 3. The van der Waals surface area contributed by atoms with Gasteiger partial charge in [-0.3, -0.25) is 4.79 Å². The van der Waals surface area contributed by atoms with Crippen LogP contribution in [0.15, 0.2) is 54.9 Å². The molecule has 126 valence electrons. The molecular weight excluding hydrogens is 326 g/mol. The van der Waals surface area contributed by atoms with E-state index in [4.69, 9.17) is 0 Å². The molecule has 5 nitrogen and oxygen atoms in total. The van der Waals surface area contributed by atoms with E-state index in [2.05, 4.69) is 20.6 Å². The highest BCUT2D eigenvalue weighted by atomic mass is 19.1. The predicted molar refractivity (Wildman–Crippen MR) is 90.8 cm³/mol. The second-order valence-corrected chi connectivity index (χ2v) is 5.36. The number of hydrogen-bond donors (Lipinski definition) is 2. The summed E-state index contributed by atoms with van der Waals surface area (Å²) >= 11 is 0. The third-order valence-corrected chi connectivity index (χ3v) is 3.40. The lowest BCUT2D eigenvalue weighted by Crippen LogP contribution is -2.14. The molecule has 0 saturated carbocycles. The van der Waals surface area contributed by atoms with Gasteiger partial charge in [0.05, 0.1) is 11.3 Å². The van der Waals surface area contributed by atoms with Crippen molar-refractivity contribution in [3.8, 4) is 0 Å². The number of rotatable bonds is 4. The fourth-order valence-electron chi connectivity index (χ4n) is 2.06. The van der Waals surface area contributed by atoms with Crippen molar-refractivity contribution in [2.45, 2.75) is 6.92 Å². The van der Waals surface area contributed by atoms with Crippen LogP contribution in [0.2, 0.25) is 0 Å². The maximum atomic E-state index is 13.6. The van der Waals surface area contributed by atoms with Crippen molar-refractivity contribution in [3.05, 3.63) is 77.6 Å². The van der Waals surface area contributed by atoms with Gasteiger partial charge in [0.1, 0.15) is 11.6 Å². The minimum atomic E-state index is -0.855. The first-order chi connectivity index (χ1) is 12.0. The number of hydrogen-bond acceptors (Lipinski definition) is 4. The molecular formula is C18H14F2N4O. The molecule has 0 atom stereocenters. The van der Waals surface area contributed by atoms with E-state index in [1.165, 1.54) is 12.4 Å². The van der Waals surface area contributed by atoms with Gasteiger partial charge in [-0.05, 0) is 31.2 Å². The van der Waals surface area contributed by atoms with Crippen molar-refractivity contribution < 1.29 is 13.6 Å². The van der Waals surface area contributed by atoms with Crippen molar-refractivity contribution in [2.75, 3.05) is 10.6 Å². The Balaban J connectivity index is 1.68. The first-order valence-electron chi connectivity index (χ1n) is 7.43. The monoisotopic (exact) mass is 340 g/mol. The van der Waals surface area contributed by atoms with Gasteiger partial charge in [0, 0.05) is 24.1 Å². The van der Waals surface area contributed by atoms with Crippen molar-refractivity contribution in [1.82, 2.24) is 9.97 Å². The largest absolute Gasteiger partial charge is 0.324 e. The van der Waals surface area contributed by atoms with Gasteiger partial charge in [0.25, 0.3) is 5.91 Å². The molecule has 0 bridgehead atoms. The molecule has 1 aromatic heterocycles. The van der Waals surface area contributed by atoms with Crippen molar-refractivity contribution in [3.63, 3.8) is 0 Å². The zero-order chi connectivity index (χ0) is 17.8. The molecule has 0 saturated heterocycles. The van der Waals surface area contributed by atoms with Crippen LogP contribution in [-0.2, 0) is 0 Å². The summed E-state index contributed by atoms with van der Waals surface area (Å²) in [7, 11) is 0. The van der Waals surface area contributed by atoms with Crippen molar-refractivity contribution >= 4 is 23.2 Å². The van der Waals surface area contributed by atoms with Crippen LogP contribution in [0, 0.1) is 18.6 Å². The van der Waals surface area contributed by atoms with E-state index in [9.17, 15) is 13.6 Å². The van der Waals surface area contributed by atoms with Crippen LogP contribution in [0.1, 0.15) is 15.9 Å². The van der Waals surface area contributed by atoms with E-state index in [1.807, 2.05) is 31.2 Å². The number of aromatic nitrogens is 2. The Hall–Kier alpha value is -3.35. The SMILES string of the molecule is Cc1ccc(Nc2ncc(C(=O)Nc3ccc(F)cc3F)cn2)cc1. The number of benzene rings is 2. The number of carbonyl (C=O) groups excluding carboxylic acids is 1. The molecule has 1 heterocycles.